The summed E-state index contributed by atoms with van der Waals surface area (Å²) in [5.41, 5.74) is -0.341. The highest BCUT2D eigenvalue weighted by Crippen LogP contribution is 2.36. The molecule has 1 atom stereocenters. The molecule has 0 bridgehead atoms. The minimum absolute atomic E-state index is 0.0224. The van der Waals surface area contributed by atoms with E-state index < -0.39 is 29.6 Å². The van der Waals surface area contributed by atoms with Crippen LogP contribution in [0.4, 0.5) is 14.5 Å². The quantitative estimate of drug-likeness (QED) is 0.747. The Bertz CT molecular complexity index is 875. The van der Waals surface area contributed by atoms with Crippen LogP contribution in [0.2, 0.25) is 5.02 Å². The van der Waals surface area contributed by atoms with Crippen LogP contribution < -0.4 is 14.8 Å². The number of hydrogen-bond acceptors (Lipinski definition) is 5. The number of nitrogens with one attached hydrogen (secondary N) is 1. The van der Waals surface area contributed by atoms with Gasteiger partial charge in [-0.05, 0) is 31.2 Å². The number of anilines is 1. The van der Waals surface area contributed by atoms with Gasteiger partial charge in [-0.3, -0.25) is 4.79 Å². The van der Waals surface area contributed by atoms with E-state index in [-0.39, 0.29) is 27.8 Å². The molecule has 144 valence electrons. The third-order valence-corrected chi connectivity index (χ3v) is 3.79. The zero-order valence-electron chi connectivity index (χ0n) is 14.6. The number of hydrogen-bond donors (Lipinski definition) is 1. The molecule has 0 spiro atoms. The monoisotopic (exact) mass is 399 g/mol. The Hall–Kier alpha value is -2.87. The maximum Gasteiger partial charge on any atom is 0.339 e. The molecule has 0 aromatic heterocycles. The summed E-state index contributed by atoms with van der Waals surface area (Å²) in [7, 11) is 2.76. The molecule has 0 aliphatic heterocycles. The third kappa shape index (κ3) is 4.85. The fourth-order valence-electron chi connectivity index (χ4n) is 2.15. The Labute approximate surface area is 159 Å². The lowest BCUT2D eigenvalue weighted by molar-refractivity contribution is -0.123. The Balaban J connectivity index is 2.12. The van der Waals surface area contributed by atoms with E-state index >= 15 is 0 Å². The van der Waals surface area contributed by atoms with Crippen LogP contribution in [0.1, 0.15) is 17.3 Å². The molecule has 9 heteroatoms. The second kappa shape index (κ2) is 8.68. The number of benzene rings is 2. The van der Waals surface area contributed by atoms with Gasteiger partial charge >= 0.3 is 5.97 Å². The van der Waals surface area contributed by atoms with Gasteiger partial charge in [-0.2, -0.15) is 0 Å². The molecule has 0 saturated carbocycles. The van der Waals surface area contributed by atoms with Gasteiger partial charge in [0.25, 0.3) is 5.91 Å². The van der Waals surface area contributed by atoms with Crippen molar-refractivity contribution in [3.05, 3.63) is 52.6 Å². The Kier molecular flexibility index (Phi) is 6.57. The number of esters is 1. The van der Waals surface area contributed by atoms with Crippen LogP contribution in [-0.2, 0) is 9.53 Å². The molecule has 1 amide bonds. The van der Waals surface area contributed by atoms with Gasteiger partial charge in [0.15, 0.2) is 17.6 Å². The third-order valence-electron chi connectivity index (χ3n) is 3.51. The highest BCUT2D eigenvalue weighted by molar-refractivity contribution is 6.32. The van der Waals surface area contributed by atoms with E-state index in [1.54, 1.807) is 0 Å². The van der Waals surface area contributed by atoms with Crippen molar-refractivity contribution in [2.24, 2.45) is 0 Å². The molecule has 0 fully saturated rings. The van der Waals surface area contributed by atoms with E-state index in [9.17, 15) is 18.4 Å². The Morgan fingerprint density at radius 1 is 1.11 bits per heavy atom. The first-order valence-electron chi connectivity index (χ1n) is 7.65. The molecule has 2 rings (SSSR count). The number of amides is 1. The van der Waals surface area contributed by atoms with Crippen molar-refractivity contribution in [1.29, 1.82) is 0 Å². The van der Waals surface area contributed by atoms with Gasteiger partial charge in [0.05, 0.1) is 30.5 Å². The predicted molar refractivity (Wildman–Crippen MR) is 94.4 cm³/mol. The summed E-state index contributed by atoms with van der Waals surface area (Å²) in [6, 6.07) is 5.23. The number of carbonyl (C=O) groups is 2. The van der Waals surface area contributed by atoms with Crippen molar-refractivity contribution < 1.29 is 32.6 Å². The lowest BCUT2D eigenvalue weighted by Gasteiger charge is -2.15. The van der Waals surface area contributed by atoms with Crippen molar-refractivity contribution in [3.63, 3.8) is 0 Å². The van der Waals surface area contributed by atoms with Gasteiger partial charge in [-0.25, -0.2) is 13.6 Å². The smallest absolute Gasteiger partial charge is 0.339 e. The van der Waals surface area contributed by atoms with E-state index in [2.05, 4.69) is 5.32 Å². The number of carbonyl (C=O) groups excluding carboxylic acids is 2. The SMILES string of the molecule is COc1cc(C(=O)O[C@@H](C)C(=O)Nc2cc(F)ccc2F)cc(Cl)c1OC. The normalized spacial score (nSPS) is 11.5. The second-order valence-electron chi connectivity index (χ2n) is 5.35. The summed E-state index contributed by atoms with van der Waals surface area (Å²) >= 11 is 6.03. The number of rotatable bonds is 6. The second-order valence-corrected chi connectivity index (χ2v) is 5.76. The summed E-state index contributed by atoms with van der Waals surface area (Å²) in [6.07, 6.45) is -1.29. The molecule has 2 aromatic carbocycles. The number of methoxy groups -OCH3 is 2. The van der Waals surface area contributed by atoms with Gasteiger partial charge in [0.1, 0.15) is 11.6 Å². The average Bonchev–Trinajstić information content (AvgIpc) is 2.63. The van der Waals surface area contributed by atoms with Gasteiger partial charge in [0, 0.05) is 6.07 Å². The van der Waals surface area contributed by atoms with Crippen molar-refractivity contribution in [2.45, 2.75) is 13.0 Å². The zero-order chi connectivity index (χ0) is 20.1. The van der Waals surface area contributed by atoms with Crippen molar-refractivity contribution in [2.75, 3.05) is 19.5 Å². The first-order valence-corrected chi connectivity index (χ1v) is 8.03. The number of halogens is 3. The summed E-state index contributed by atoms with van der Waals surface area (Å²) in [6.45, 7) is 1.28. The topological polar surface area (TPSA) is 73.9 Å². The van der Waals surface area contributed by atoms with Crippen LogP contribution in [0, 0.1) is 11.6 Å². The first-order chi connectivity index (χ1) is 12.8. The van der Waals surface area contributed by atoms with Gasteiger partial charge < -0.3 is 19.5 Å². The Morgan fingerprint density at radius 2 is 1.81 bits per heavy atom. The molecular formula is C18H16ClF2NO5. The fraction of sp³-hybridized carbons (Fsp3) is 0.222. The van der Waals surface area contributed by atoms with Crippen molar-refractivity contribution in [3.8, 4) is 11.5 Å². The van der Waals surface area contributed by atoms with Crippen LogP contribution >= 0.6 is 11.6 Å². The summed E-state index contributed by atoms with van der Waals surface area (Å²) in [5, 5.41) is 2.27. The lowest BCUT2D eigenvalue weighted by Crippen LogP contribution is -2.30. The van der Waals surface area contributed by atoms with Gasteiger partial charge in [-0.1, -0.05) is 11.6 Å². The maximum atomic E-state index is 13.6. The standard InChI is InChI=1S/C18H16ClF2NO5/c1-9(17(23)22-14-8-11(20)4-5-13(14)21)27-18(24)10-6-12(19)16(26-3)15(7-10)25-2/h4-9H,1-3H3,(H,22,23)/t9-/m0/s1. The van der Waals surface area contributed by atoms with Crippen molar-refractivity contribution >= 4 is 29.2 Å². The van der Waals surface area contributed by atoms with E-state index in [4.69, 9.17) is 25.8 Å². The largest absolute Gasteiger partial charge is 0.493 e. The molecule has 2 aromatic rings. The molecule has 0 aliphatic carbocycles. The molecule has 1 N–H and O–H groups in total. The summed E-state index contributed by atoms with van der Waals surface area (Å²) < 4.78 is 42.0. The molecule has 0 aliphatic rings. The van der Waals surface area contributed by atoms with E-state index in [1.807, 2.05) is 0 Å². The fourth-order valence-corrected chi connectivity index (χ4v) is 2.43. The maximum absolute atomic E-state index is 13.6. The number of ether oxygens (including phenoxy) is 3. The van der Waals surface area contributed by atoms with Crippen LogP contribution in [0.5, 0.6) is 11.5 Å². The molecular weight excluding hydrogens is 384 g/mol. The summed E-state index contributed by atoms with van der Waals surface area (Å²) in [5.74, 6) is -2.80. The van der Waals surface area contributed by atoms with E-state index in [0.29, 0.717) is 0 Å². The van der Waals surface area contributed by atoms with Crippen molar-refractivity contribution in [1.82, 2.24) is 0 Å². The molecule has 0 unspecified atom stereocenters. The van der Waals surface area contributed by atoms with Crippen LogP contribution in [0.15, 0.2) is 30.3 Å². The molecule has 0 heterocycles. The highest BCUT2D eigenvalue weighted by Gasteiger charge is 2.22. The molecule has 0 saturated heterocycles. The lowest BCUT2D eigenvalue weighted by atomic mass is 10.2. The van der Waals surface area contributed by atoms with Crippen LogP contribution in [0.25, 0.3) is 0 Å². The summed E-state index contributed by atoms with van der Waals surface area (Å²) in [4.78, 5) is 24.3. The van der Waals surface area contributed by atoms with Gasteiger partial charge in [-0.15, -0.1) is 0 Å². The van der Waals surface area contributed by atoms with E-state index in [0.717, 1.165) is 18.2 Å². The minimum Gasteiger partial charge on any atom is -0.493 e. The molecule has 6 nitrogen and oxygen atoms in total. The van der Waals surface area contributed by atoms with E-state index in [1.165, 1.54) is 33.3 Å². The minimum atomic E-state index is -1.29. The zero-order valence-corrected chi connectivity index (χ0v) is 15.4. The highest BCUT2D eigenvalue weighted by atomic mass is 35.5. The van der Waals surface area contributed by atoms with Crippen LogP contribution in [-0.4, -0.2) is 32.2 Å². The first kappa shape index (κ1) is 20.4. The Morgan fingerprint density at radius 3 is 2.44 bits per heavy atom. The predicted octanol–water partition coefficient (Wildman–Crippen LogP) is 3.82. The van der Waals surface area contributed by atoms with Gasteiger partial charge in [0.2, 0.25) is 0 Å². The van der Waals surface area contributed by atoms with Crippen LogP contribution in [0.3, 0.4) is 0 Å². The molecule has 27 heavy (non-hydrogen) atoms. The average molecular weight is 400 g/mol. The molecule has 0 radical (unpaired) electrons.